The van der Waals surface area contributed by atoms with E-state index in [1.165, 1.54) is 18.4 Å². The Labute approximate surface area is 158 Å². The van der Waals surface area contributed by atoms with Crippen LogP contribution in [0.4, 0.5) is 10.5 Å². The number of halogens is 1. The van der Waals surface area contributed by atoms with Crippen molar-refractivity contribution in [3.63, 3.8) is 0 Å². The summed E-state index contributed by atoms with van der Waals surface area (Å²) in [6.07, 6.45) is 0.681. The number of nitrogens with zero attached hydrogens (tertiary/aromatic N) is 2. The Morgan fingerprint density at radius 1 is 1.15 bits per heavy atom. The molecule has 0 aliphatic carbocycles. The summed E-state index contributed by atoms with van der Waals surface area (Å²) >= 11 is 5.94. The van der Waals surface area contributed by atoms with Gasteiger partial charge >= 0.3 is 6.03 Å². The van der Waals surface area contributed by atoms with Gasteiger partial charge in [-0.05, 0) is 47.9 Å². The number of carbonyl (C=O) groups is 1. The van der Waals surface area contributed by atoms with Crippen molar-refractivity contribution in [2.45, 2.75) is 17.9 Å². The van der Waals surface area contributed by atoms with Crippen molar-refractivity contribution in [2.75, 3.05) is 26.0 Å². The first kappa shape index (κ1) is 18.7. The molecule has 26 heavy (non-hydrogen) atoms. The molecule has 0 unspecified atom stereocenters. The third-order valence-electron chi connectivity index (χ3n) is 4.33. The lowest BCUT2D eigenvalue weighted by Crippen LogP contribution is -2.39. The van der Waals surface area contributed by atoms with E-state index in [0.717, 1.165) is 11.1 Å². The summed E-state index contributed by atoms with van der Waals surface area (Å²) in [7, 11) is -0.503. The van der Waals surface area contributed by atoms with E-state index in [4.69, 9.17) is 11.6 Å². The van der Waals surface area contributed by atoms with Crippen LogP contribution in [0.25, 0.3) is 0 Å². The highest BCUT2D eigenvalue weighted by Crippen LogP contribution is 2.24. The number of sulfonamides is 1. The molecule has 0 bridgehead atoms. The van der Waals surface area contributed by atoms with Crippen LogP contribution in [0.5, 0.6) is 0 Å². The van der Waals surface area contributed by atoms with Gasteiger partial charge in [-0.1, -0.05) is 23.7 Å². The first-order valence-electron chi connectivity index (χ1n) is 8.13. The Bertz CT molecular complexity index is 944. The number of amides is 2. The fourth-order valence-corrected chi connectivity index (χ4v) is 3.99. The number of rotatable bonds is 3. The van der Waals surface area contributed by atoms with Gasteiger partial charge in [-0.15, -0.1) is 0 Å². The summed E-state index contributed by atoms with van der Waals surface area (Å²) in [6, 6.07) is 11.8. The first-order chi connectivity index (χ1) is 12.3. The molecule has 2 aromatic rings. The highest BCUT2D eigenvalue weighted by atomic mass is 35.5. The highest BCUT2D eigenvalue weighted by molar-refractivity contribution is 7.89. The van der Waals surface area contributed by atoms with Crippen LogP contribution < -0.4 is 5.32 Å². The summed E-state index contributed by atoms with van der Waals surface area (Å²) in [4.78, 5) is 14.4. The molecule has 2 aromatic carbocycles. The van der Waals surface area contributed by atoms with Gasteiger partial charge in [0.05, 0.1) is 4.90 Å². The Hall–Kier alpha value is -2.09. The molecule has 0 saturated heterocycles. The lowest BCUT2D eigenvalue weighted by molar-refractivity contribution is 0.206. The SMILES string of the molecule is CN(C)S(=O)(=O)c1ccc2c(c1)CN(C(=O)Nc1cccc(Cl)c1)CC2. The predicted octanol–water partition coefficient (Wildman–Crippen LogP) is 3.18. The largest absolute Gasteiger partial charge is 0.322 e. The van der Waals surface area contributed by atoms with Crippen molar-refractivity contribution in [2.24, 2.45) is 0 Å². The number of carbonyl (C=O) groups excluding carboxylic acids is 1. The Balaban J connectivity index is 1.79. The number of anilines is 1. The molecule has 6 nitrogen and oxygen atoms in total. The van der Waals surface area contributed by atoms with Crippen LogP contribution in [-0.4, -0.2) is 44.3 Å². The van der Waals surface area contributed by atoms with E-state index >= 15 is 0 Å². The monoisotopic (exact) mass is 393 g/mol. The van der Waals surface area contributed by atoms with Gasteiger partial charge in [0, 0.05) is 37.9 Å². The molecule has 0 saturated carbocycles. The normalized spacial score (nSPS) is 14.2. The van der Waals surface area contributed by atoms with Crippen molar-refractivity contribution in [1.82, 2.24) is 9.21 Å². The second-order valence-electron chi connectivity index (χ2n) is 6.33. The minimum atomic E-state index is -3.50. The van der Waals surface area contributed by atoms with Crippen LogP contribution in [0.15, 0.2) is 47.4 Å². The van der Waals surface area contributed by atoms with Crippen molar-refractivity contribution in [1.29, 1.82) is 0 Å². The second kappa shape index (κ2) is 7.26. The molecule has 0 fully saturated rings. The zero-order chi connectivity index (χ0) is 18.9. The summed E-state index contributed by atoms with van der Waals surface area (Å²) in [5, 5.41) is 3.37. The maximum absolute atomic E-state index is 12.5. The number of hydrogen-bond donors (Lipinski definition) is 1. The van der Waals surface area contributed by atoms with E-state index in [9.17, 15) is 13.2 Å². The summed E-state index contributed by atoms with van der Waals surface area (Å²) in [5.41, 5.74) is 2.53. The Morgan fingerprint density at radius 2 is 1.92 bits per heavy atom. The smallest absolute Gasteiger partial charge is 0.320 e. The van der Waals surface area contributed by atoms with Gasteiger partial charge in [-0.3, -0.25) is 0 Å². The fraction of sp³-hybridized carbons (Fsp3) is 0.278. The maximum atomic E-state index is 12.5. The van der Waals surface area contributed by atoms with Gasteiger partial charge in [0.15, 0.2) is 0 Å². The maximum Gasteiger partial charge on any atom is 0.322 e. The average molecular weight is 394 g/mol. The topological polar surface area (TPSA) is 69.7 Å². The molecule has 8 heteroatoms. The van der Waals surface area contributed by atoms with Crippen molar-refractivity contribution >= 4 is 33.3 Å². The van der Waals surface area contributed by atoms with E-state index in [1.54, 1.807) is 41.3 Å². The zero-order valence-corrected chi connectivity index (χ0v) is 16.1. The molecule has 1 aliphatic rings. The minimum Gasteiger partial charge on any atom is -0.320 e. The standard InChI is InChI=1S/C18H20ClN3O3S/c1-21(2)26(24,25)17-7-6-13-8-9-22(12-14(13)10-17)18(23)20-16-5-3-4-15(19)11-16/h3-7,10-11H,8-9,12H2,1-2H3,(H,20,23). The lowest BCUT2D eigenvalue weighted by atomic mass is 10.0. The van der Waals surface area contributed by atoms with Gasteiger partial charge < -0.3 is 10.2 Å². The summed E-state index contributed by atoms with van der Waals surface area (Å²) < 4.78 is 25.8. The third-order valence-corrected chi connectivity index (χ3v) is 6.38. The van der Waals surface area contributed by atoms with Crippen molar-refractivity contribution in [3.8, 4) is 0 Å². The molecule has 1 heterocycles. The molecule has 2 amide bonds. The van der Waals surface area contributed by atoms with Gasteiger partial charge in [-0.2, -0.15) is 0 Å². The molecule has 1 aliphatic heterocycles. The lowest BCUT2D eigenvalue weighted by Gasteiger charge is -2.29. The number of benzene rings is 2. The van der Waals surface area contributed by atoms with Gasteiger partial charge in [-0.25, -0.2) is 17.5 Å². The van der Waals surface area contributed by atoms with Crippen LogP contribution in [0, 0.1) is 0 Å². The second-order valence-corrected chi connectivity index (χ2v) is 8.92. The van der Waals surface area contributed by atoms with E-state index in [1.807, 2.05) is 6.07 Å². The molecule has 0 radical (unpaired) electrons. The molecule has 138 valence electrons. The fourth-order valence-electron chi connectivity index (χ4n) is 2.85. The average Bonchev–Trinajstić information content (AvgIpc) is 2.60. The van der Waals surface area contributed by atoms with Crippen molar-refractivity contribution in [3.05, 3.63) is 58.6 Å². The van der Waals surface area contributed by atoms with E-state index in [-0.39, 0.29) is 10.9 Å². The highest BCUT2D eigenvalue weighted by Gasteiger charge is 2.24. The molecule has 0 atom stereocenters. The number of urea groups is 1. The van der Waals surface area contributed by atoms with Crippen molar-refractivity contribution < 1.29 is 13.2 Å². The van der Waals surface area contributed by atoms with E-state index in [0.29, 0.717) is 30.2 Å². The van der Waals surface area contributed by atoms with Crippen LogP contribution >= 0.6 is 11.6 Å². The number of nitrogens with one attached hydrogen (secondary N) is 1. The van der Waals surface area contributed by atoms with Crippen LogP contribution in [0.3, 0.4) is 0 Å². The quantitative estimate of drug-likeness (QED) is 0.870. The zero-order valence-electron chi connectivity index (χ0n) is 14.6. The minimum absolute atomic E-state index is 0.235. The van der Waals surface area contributed by atoms with Crippen LogP contribution in [0.1, 0.15) is 11.1 Å². The molecule has 0 aromatic heterocycles. The van der Waals surface area contributed by atoms with Gasteiger partial charge in [0.1, 0.15) is 0 Å². The molecular formula is C18H20ClN3O3S. The Morgan fingerprint density at radius 3 is 2.62 bits per heavy atom. The summed E-state index contributed by atoms with van der Waals surface area (Å²) in [5.74, 6) is 0. The molecule has 1 N–H and O–H groups in total. The number of hydrogen-bond acceptors (Lipinski definition) is 3. The van der Waals surface area contributed by atoms with Crippen LogP contribution in [-0.2, 0) is 23.0 Å². The van der Waals surface area contributed by atoms with Gasteiger partial charge in [0.25, 0.3) is 0 Å². The predicted molar refractivity (Wildman–Crippen MR) is 102 cm³/mol. The van der Waals surface area contributed by atoms with Crippen LogP contribution in [0.2, 0.25) is 5.02 Å². The Kier molecular flexibility index (Phi) is 5.22. The van der Waals surface area contributed by atoms with E-state index in [2.05, 4.69) is 5.32 Å². The van der Waals surface area contributed by atoms with Gasteiger partial charge in [0.2, 0.25) is 10.0 Å². The molecule has 0 spiro atoms. The number of fused-ring (bicyclic) bond motifs is 1. The third kappa shape index (κ3) is 3.85. The van der Waals surface area contributed by atoms with E-state index < -0.39 is 10.0 Å². The first-order valence-corrected chi connectivity index (χ1v) is 9.95. The summed E-state index contributed by atoms with van der Waals surface area (Å²) in [6.45, 7) is 0.928. The molecular weight excluding hydrogens is 374 g/mol. The molecule has 3 rings (SSSR count).